The van der Waals surface area contributed by atoms with Crippen LogP contribution < -0.4 is 15.4 Å². The summed E-state index contributed by atoms with van der Waals surface area (Å²) in [6.07, 6.45) is 10.7. The zero-order chi connectivity index (χ0) is 27.9. The summed E-state index contributed by atoms with van der Waals surface area (Å²) in [6.45, 7) is 1.46. The summed E-state index contributed by atoms with van der Waals surface area (Å²) in [6, 6.07) is 15.0. The van der Waals surface area contributed by atoms with Crippen molar-refractivity contribution in [2.45, 2.75) is 88.4 Å². The average molecular weight is 557 g/mol. The monoisotopic (exact) mass is 556 g/mol. The summed E-state index contributed by atoms with van der Waals surface area (Å²) >= 11 is 0. The van der Waals surface area contributed by atoms with Gasteiger partial charge in [-0.3, -0.25) is 4.79 Å². The van der Waals surface area contributed by atoms with Gasteiger partial charge in [0.05, 0.1) is 30.0 Å². The molecule has 0 bridgehead atoms. The van der Waals surface area contributed by atoms with Gasteiger partial charge in [0.1, 0.15) is 11.9 Å². The first-order chi connectivity index (χ1) is 20.0. The summed E-state index contributed by atoms with van der Waals surface area (Å²) < 4.78 is 14.3. The number of aromatic nitrogens is 1. The Hall–Kier alpha value is -3.52. The molecule has 8 nitrogen and oxygen atoms in total. The van der Waals surface area contributed by atoms with Gasteiger partial charge in [0.25, 0.3) is 5.91 Å². The zero-order valence-corrected chi connectivity index (χ0v) is 23.9. The van der Waals surface area contributed by atoms with E-state index in [4.69, 9.17) is 9.47 Å². The van der Waals surface area contributed by atoms with Crippen LogP contribution in [-0.2, 0) is 4.74 Å². The highest BCUT2D eigenvalue weighted by molar-refractivity contribution is 6.13. The zero-order valence-electron chi connectivity index (χ0n) is 23.9. The molecule has 3 saturated carbocycles. The van der Waals surface area contributed by atoms with Crippen molar-refractivity contribution < 1.29 is 19.1 Å². The molecule has 1 saturated heterocycles. The Balaban J connectivity index is 1.28. The number of fused-ring (bicyclic) bond motifs is 1. The molecule has 4 aliphatic rings. The molecule has 4 fully saturated rings. The largest absolute Gasteiger partial charge is 0.490 e. The first-order valence-electron chi connectivity index (χ1n) is 15.4. The van der Waals surface area contributed by atoms with Gasteiger partial charge in [-0.25, -0.2) is 4.79 Å². The molecule has 0 spiro atoms. The second kappa shape index (κ2) is 11.0. The smallest absolute Gasteiger partial charge is 0.319 e. The molecule has 2 aromatic carbocycles. The molecule has 7 rings (SSSR count). The Labute approximate surface area is 241 Å². The molecule has 3 aliphatic carbocycles. The third kappa shape index (κ3) is 5.30. The van der Waals surface area contributed by atoms with Crippen molar-refractivity contribution in [1.82, 2.24) is 14.8 Å². The van der Waals surface area contributed by atoms with E-state index in [1.165, 1.54) is 12.8 Å². The van der Waals surface area contributed by atoms with Crippen molar-refractivity contribution in [2.24, 2.45) is 0 Å². The quantitative estimate of drug-likeness (QED) is 0.332. The average Bonchev–Trinajstić information content (AvgIpc) is 3.73. The molecule has 216 valence electrons. The fraction of sp³-hybridized carbons (Fsp3) is 0.515. The summed E-state index contributed by atoms with van der Waals surface area (Å²) in [5, 5.41) is 6.98. The molecule has 0 radical (unpaired) electrons. The van der Waals surface area contributed by atoms with E-state index in [1.807, 2.05) is 42.3 Å². The molecule has 0 unspecified atom stereocenters. The van der Waals surface area contributed by atoms with Crippen molar-refractivity contribution in [3.8, 4) is 17.0 Å². The summed E-state index contributed by atoms with van der Waals surface area (Å²) in [4.78, 5) is 28.5. The van der Waals surface area contributed by atoms with Gasteiger partial charge < -0.3 is 29.6 Å². The Morgan fingerprint density at radius 2 is 1.66 bits per heavy atom. The van der Waals surface area contributed by atoms with Gasteiger partial charge in [-0.05, 0) is 81.2 Å². The second-order valence-corrected chi connectivity index (χ2v) is 12.2. The highest BCUT2D eigenvalue weighted by atomic mass is 16.5. The van der Waals surface area contributed by atoms with Gasteiger partial charge in [0.15, 0.2) is 0 Å². The first-order valence-corrected chi connectivity index (χ1v) is 15.4. The summed E-state index contributed by atoms with van der Waals surface area (Å²) in [7, 11) is 1.94. The lowest BCUT2D eigenvalue weighted by atomic mass is 9.92. The third-order valence-corrected chi connectivity index (χ3v) is 9.37. The van der Waals surface area contributed by atoms with Crippen LogP contribution in [0.4, 0.5) is 10.5 Å². The van der Waals surface area contributed by atoms with Gasteiger partial charge in [-0.2, -0.15) is 0 Å². The van der Waals surface area contributed by atoms with Crippen LogP contribution in [0.25, 0.3) is 22.2 Å². The highest BCUT2D eigenvalue weighted by Crippen LogP contribution is 2.45. The van der Waals surface area contributed by atoms with E-state index >= 15 is 0 Å². The minimum Gasteiger partial charge on any atom is -0.490 e. The molecule has 3 amide bonds. The van der Waals surface area contributed by atoms with Crippen LogP contribution in [0.1, 0.15) is 80.6 Å². The normalized spacial score (nSPS) is 19.8. The number of urea groups is 1. The summed E-state index contributed by atoms with van der Waals surface area (Å²) in [5.41, 5.74) is 4.52. The fourth-order valence-corrected chi connectivity index (χ4v) is 6.29. The standard InChI is InChI=1S/C33H40N4O4/c1-36(24-12-13-24)32(38)30-28-15-14-27(41-26-16-18-40-19-17-26)20-29(28)37(25-6-3-7-25)31(30)21-8-10-23(11-9-21)35-33(39)34-22-4-2-5-22/h8-11,14-15,20,22,24-26H,2-7,12-13,16-19H2,1H3,(H2,34,35,39). The number of hydrogen-bond acceptors (Lipinski definition) is 4. The highest BCUT2D eigenvalue weighted by Gasteiger charge is 2.36. The van der Waals surface area contributed by atoms with E-state index in [0.717, 1.165) is 104 Å². The molecule has 1 aromatic heterocycles. The van der Waals surface area contributed by atoms with Gasteiger partial charge in [0.2, 0.25) is 0 Å². The minimum absolute atomic E-state index is 0.0748. The Kier molecular flexibility index (Phi) is 7.11. The number of carbonyl (C=O) groups excluding carboxylic acids is 2. The van der Waals surface area contributed by atoms with Crippen molar-refractivity contribution >= 4 is 28.5 Å². The molecule has 2 N–H and O–H groups in total. The number of rotatable bonds is 8. The van der Waals surface area contributed by atoms with Crippen LogP contribution in [-0.4, -0.2) is 59.9 Å². The van der Waals surface area contributed by atoms with Crippen LogP contribution in [0.5, 0.6) is 5.75 Å². The number of hydrogen-bond donors (Lipinski definition) is 2. The number of benzene rings is 2. The fourth-order valence-electron chi connectivity index (χ4n) is 6.29. The SMILES string of the molecule is CN(C(=O)c1c(-c2ccc(NC(=O)NC3CCC3)cc2)n(C2CCC2)c2cc(OC3CCOCC3)ccc12)C1CC1. The van der Waals surface area contributed by atoms with Crippen LogP contribution in [0, 0.1) is 0 Å². The van der Waals surface area contributed by atoms with Crippen LogP contribution in [0.15, 0.2) is 42.5 Å². The van der Waals surface area contributed by atoms with E-state index in [2.05, 4.69) is 27.3 Å². The van der Waals surface area contributed by atoms with Gasteiger partial charge in [-0.15, -0.1) is 0 Å². The number of nitrogens with one attached hydrogen (secondary N) is 2. The van der Waals surface area contributed by atoms with Gasteiger partial charge >= 0.3 is 6.03 Å². The topological polar surface area (TPSA) is 84.8 Å². The Morgan fingerprint density at radius 3 is 2.29 bits per heavy atom. The lowest BCUT2D eigenvalue weighted by Gasteiger charge is -2.31. The van der Waals surface area contributed by atoms with Crippen molar-refractivity contribution in [3.05, 3.63) is 48.0 Å². The van der Waals surface area contributed by atoms with Gasteiger partial charge in [-0.1, -0.05) is 12.1 Å². The van der Waals surface area contributed by atoms with E-state index < -0.39 is 0 Å². The second-order valence-electron chi connectivity index (χ2n) is 12.2. The molecule has 8 heteroatoms. The molecule has 0 atom stereocenters. The molecular formula is C33H40N4O4. The molecule has 41 heavy (non-hydrogen) atoms. The Morgan fingerprint density at radius 1 is 0.927 bits per heavy atom. The predicted molar refractivity (Wildman–Crippen MR) is 160 cm³/mol. The van der Waals surface area contributed by atoms with E-state index in [9.17, 15) is 9.59 Å². The molecule has 1 aliphatic heterocycles. The minimum atomic E-state index is -0.162. The van der Waals surface area contributed by atoms with Crippen molar-refractivity contribution in [3.63, 3.8) is 0 Å². The number of amides is 3. The number of ether oxygens (including phenoxy) is 2. The number of nitrogens with zero attached hydrogens (tertiary/aromatic N) is 2. The predicted octanol–water partition coefficient (Wildman–Crippen LogP) is 6.50. The van der Waals surface area contributed by atoms with E-state index in [-0.39, 0.29) is 24.1 Å². The van der Waals surface area contributed by atoms with Gasteiger partial charge in [0, 0.05) is 55.2 Å². The third-order valence-electron chi connectivity index (χ3n) is 9.37. The van der Waals surface area contributed by atoms with Crippen molar-refractivity contribution in [1.29, 1.82) is 0 Å². The Bertz CT molecular complexity index is 1430. The lowest BCUT2D eigenvalue weighted by Crippen LogP contribution is -2.41. The molecule has 3 aromatic rings. The maximum absolute atomic E-state index is 14.1. The lowest BCUT2D eigenvalue weighted by molar-refractivity contribution is 0.0256. The maximum Gasteiger partial charge on any atom is 0.319 e. The first kappa shape index (κ1) is 26.4. The number of carbonyl (C=O) groups is 2. The van der Waals surface area contributed by atoms with Crippen molar-refractivity contribution in [2.75, 3.05) is 25.6 Å². The molecule has 2 heterocycles. The van der Waals surface area contributed by atoms with Crippen LogP contribution in [0.3, 0.4) is 0 Å². The number of anilines is 1. The van der Waals surface area contributed by atoms with E-state index in [1.54, 1.807) is 0 Å². The van der Waals surface area contributed by atoms with E-state index in [0.29, 0.717) is 12.1 Å². The van der Waals surface area contributed by atoms with Crippen LogP contribution >= 0.6 is 0 Å². The van der Waals surface area contributed by atoms with Crippen LogP contribution in [0.2, 0.25) is 0 Å². The summed E-state index contributed by atoms with van der Waals surface area (Å²) in [5.74, 6) is 0.923. The maximum atomic E-state index is 14.1. The molecular weight excluding hydrogens is 516 g/mol.